The minimum atomic E-state index is 0.491. The summed E-state index contributed by atoms with van der Waals surface area (Å²) in [5.41, 5.74) is 5.62. The van der Waals surface area contributed by atoms with Crippen molar-refractivity contribution < 1.29 is 13.4 Å². The van der Waals surface area contributed by atoms with Crippen molar-refractivity contribution in [1.29, 1.82) is 0 Å². The number of fused-ring (bicyclic) bond motifs is 7. The number of hydrogen-bond donors (Lipinski definition) is 0. The van der Waals surface area contributed by atoms with Gasteiger partial charge in [0.2, 0.25) is 16.8 Å². The summed E-state index contributed by atoms with van der Waals surface area (Å²) in [5.74, 6) is 0.765. The first-order valence-corrected chi connectivity index (χ1v) is 9.80. The number of aryl methyl sites for hydroxylation is 2. The Morgan fingerprint density at radius 2 is 1.67 bits per heavy atom. The first-order chi connectivity index (χ1) is 14.7. The molecule has 30 heavy (non-hydrogen) atoms. The van der Waals surface area contributed by atoms with Crippen LogP contribution in [0.3, 0.4) is 0 Å². The van der Waals surface area contributed by atoms with Crippen LogP contribution in [-0.2, 0) is 7.05 Å². The van der Waals surface area contributed by atoms with Crippen molar-refractivity contribution in [3.63, 3.8) is 0 Å². The van der Waals surface area contributed by atoms with Crippen molar-refractivity contribution in [2.45, 2.75) is 6.92 Å². The minimum absolute atomic E-state index is 0.491. The third-order valence-corrected chi connectivity index (χ3v) is 5.91. The second-order valence-corrected chi connectivity index (χ2v) is 7.60. The average Bonchev–Trinajstić information content (AvgIpc) is 3.32. The second-order valence-electron chi connectivity index (χ2n) is 7.60. The Kier molecular flexibility index (Phi) is 3.33. The van der Waals surface area contributed by atoms with Gasteiger partial charge < -0.3 is 8.83 Å². The monoisotopic (exact) mass is 389 g/mol. The smallest absolute Gasteiger partial charge is 0.381 e. The van der Waals surface area contributed by atoms with E-state index in [-0.39, 0.29) is 0 Å². The highest BCUT2D eigenvalue weighted by molar-refractivity contribution is 6.26. The van der Waals surface area contributed by atoms with Crippen LogP contribution in [0.4, 0.5) is 5.69 Å². The molecular formula is C26H17N2O2+. The fourth-order valence-electron chi connectivity index (χ4n) is 4.41. The van der Waals surface area contributed by atoms with E-state index in [1.165, 1.54) is 0 Å². The second kappa shape index (κ2) is 5.95. The zero-order chi connectivity index (χ0) is 20.4. The van der Waals surface area contributed by atoms with Crippen LogP contribution < -0.4 is 4.57 Å². The molecule has 0 N–H and O–H groups in total. The van der Waals surface area contributed by atoms with Crippen LogP contribution in [0.25, 0.3) is 60.1 Å². The topological polar surface area (TPSA) is 34.5 Å². The van der Waals surface area contributed by atoms with Gasteiger partial charge in [0, 0.05) is 11.5 Å². The van der Waals surface area contributed by atoms with Crippen molar-refractivity contribution >= 4 is 49.5 Å². The molecule has 142 valence electrons. The third kappa shape index (κ3) is 2.12. The molecule has 4 aromatic carbocycles. The van der Waals surface area contributed by atoms with Gasteiger partial charge >= 0.3 is 5.89 Å². The highest BCUT2D eigenvalue weighted by Crippen LogP contribution is 2.43. The van der Waals surface area contributed by atoms with E-state index < -0.39 is 0 Å². The molecule has 4 heteroatoms. The normalized spacial score (nSPS) is 11.6. The number of nitrogens with zero attached hydrogens (tertiary/aromatic N) is 2. The van der Waals surface area contributed by atoms with E-state index in [0.29, 0.717) is 11.3 Å². The molecule has 0 saturated carbocycles. The number of oxazole rings is 1. The standard InChI is InChI=1S/C26H17N2O2/c1-15-8-4-6-10-17(15)26-28(3)20-14-19(27-2)24-23(25(20)30-26)22-18-11-7-5-9-16(18)12-13-21(22)29-24/h4-14H,1,3H3/q+1. The summed E-state index contributed by atoms with van der Waals surface area (Å²) in [5, 5.41) is 4.07. The number of aromatic nitrogens is 1. The van der Waals surface area contributed by atoms with Gasteiger partial charge in [0.15, 0.2) is 0 Å². The van der Waals surface area contributed by atoms with Crippen LogP contribution >= 0.6 is 0 Å². The van der Waals surface area contributed by atoms with E-state index in [0.717, 1.165) is 55.2 Å². The maximum atomic E-state index is 7.74. The van der Waals surface area contributed by atoms with Gasteiger partial charge in [-0.25, -0.2) is 4.85 Å². The Morgan fingerprint density at radius 3 is 2.50 bits per heavy atom. The Morgan fingerprint density at radius 1 is 0.867 bits per heavy atom. The molecule has 0 aliphatic rings. The molecule has 0 unspecified atom stereocenters. The van der Waals surface area contributed by atoms with E-state index in [1.807, 2.05) is 48.0 Å². The quantitative estimate of drug-likeness (QED) is 0.228. The maximum Gasteiger partial charge on any atom is 0.381 e. The summed E-state index contributed by atoms with van der Waals surface area (Å²) in [4.78, 5) is 3.77. The van der Waals surface area contributed by atoms with E-state index >= 15 is 0 Å². The van der Waals surface area contributed by atoms with E-state index in [2.05, 4.69) is 42.1 Å². The number of rotatable bonds is 1. The Bertz CT molecular complexity index is 1680. The molecule has 0 spiro atoms. The fourth-order valence-corrected chi connectivity index (χ4v) is 4.41. The maximum absolute atomic E-state index is 7.74. The van der Waals surface area contributed by atoms with Gasteiger partial charge in [0.25, 0.3) is 0 Å². The Hall–Kier alpha value is -4.10. The number of benzene rings is 4. The molecule has 0 atom stereocenters. The minimum Gasteiger partial charge on any atom is -0.467 e. The summed E-state index contributed by atoms with van der Waals surface area (Å²) in [6.07, 6.45) is 0. The number of furan rings is 1. The highest BCUT2D eigenvalue weighted by Gasteiger charge is 2.28. The molecule has 6 aromatic rings. The lowest BCUT2D eigenvalue weighted by atomic mass is 10.0. The van der Waals surface area contributed by atoms with Crippen molar-refractivity contribution in [2.75, 3.05) is 0 Å². The predicted octanol–water partition coefficient (Wildman–Crippen LogP) is 6.84. The van der Waals surface area contributed by atoms with Crippen LogP contribution in [0.1, 0.15) is 5.56 Å². The van der Waals surface area contributed by atoms with Crippen LogP contribution in [0, 0.1) is 13.5 Å². The van der Waals surface area contributed by atoms with Crippen LogP contribution in [0.5, 0.6) is 0 Å². The summed E-state index contributed by atoms with van der Waals surface area (Å²) < 4.78 is 14.7. The van der Waals surface area contributed by atoms with Gasteiger partial charge in [-0.3, -0.25) is 0 Å². The molecule has 2 aromatic heterocycles. The highest BCUT2D eigenvalue weighted by atomic mass is 16.4. The predicted molar refractivity (Wildman–Crippen MR) is 119 cm³/mol. The average molecular weight is 389 g/mol. The van der Waals surface area contributed by atoms with Crippen LogP contribution in [0.15, 0.2) is 75.6 Å². The zero-order valence-electron chi connectivity index (χ0n) is 16.6. The van der Waals surface area contributed by atoms with Crippen molar-refractivity contribution in [2.24, 2.45) is 7.05 Å². The van der Waals surface area contributed by atoms with Gasteiger partial charge in [-0.15, -0.1) is 0 Å². The molecule has 0 aliphatic carbocycles. The first-order valence-electron chi connectivity index (χ1n) is 9.80. The van der Waals surface area contributed by atoms with Crippen LogP contribution in [-0.4, -0.2) is 0 Å². The summed E-state index contributed by atoms with van der Waals surface area (Å²) in [7, 11) is 1.98. The molecular weight excluding hydrogens is 372 g/mol. The van der Waals surface area contributed by atoms with Crippen LogP contribution in [0.2, 0.25) is 0 Å². The number of hydrogen-bond acceptors (Lipinski definition) is 2. The first kappa shape index (κ1) is 16.8. The molecule has 0 fully saturated rings. The lowest BCUT2D eigenvalue weighted by molar-refractivity contribution is -0.637. The van der Waals surface area contributed by atoms with Gasteiger partial charge in [-0.05, 0) is 35.4 Å². The zero-order valence-corrected chi connectivity index (χ0v) is 16.6. The molecule has 6 rings (SSSR count). The van der Waals surface area contributed by atoms with E-state index in [4.69, 9.17) is 15.4 Å². The fraction of sp³-hybridized carbons (Fsp3) is 0.0769. The third-order valence-electron chi connectivity index (χ3n) is 5.91. The van der Waals surface area contributed by atoms with E-state index in [9.17, 15) is 0 Å². The van der Waals surface area contributed by atoms with Crippen molar-refractivity contribution in [3.8, 4) is 11.5 Å². The largest absolute Gasteiger partial charge is 0.467 e. The van der Waals surface area contributed by atoms with Gasteiger partial charge in [0.05, 0.1) is 17.5 Å². The summed E-state index contributed by atoms with van der Waals surface area (Å²) in [6, 6.07) is 22.3. The molecule has 4 nitrogen and oxygen atoms in total. The summed E-state index contributed by atoms with van der Waals surface area (Å²) >= 11 is 0. The lowest BCUT2D eigenvalue weighted by Crippen LogP contribution is -2.28. The molecule has 0 amide bonds. The molecule has 2 heterocycles. The van der Waals surface area contributed by atoms with Crippen molar-refractivity contribution in [3.05, 3.63) is 83.7 Å². The van der Waals surface area contributed by atoms with Gasteiger partial charge in [0.1, 0.15) is 18.2 Å². The molecule has 0 bridgehead atoms. The Balaban J connectivity index is 1.87. The van der Waals surface area contributed by atoms with Gasteiger partial charge in [-0.2, -0.15) is 4.57 Å². The van der Waals surface area contributed by atoms with Crippen molar-refractivity contribution in [1.82, 2.24) is 0 Å². The SMILES string of the molecule is [C-]#[N+]c1cc2c(oc(-c3ccccc3C)[n+]2C)c2c1oc1ccc3ccccc3c12. The van der Waals surface area contributed by atoms with E-state index in [1.54, 1.807) is 0 Å². The molecule has 0 saturated heterocycles. The molecule has 0 aliphatic heterocycles. The summed E-state index contributed by atoms with van der Waals surface area (Å²) in [6.45, 7) is 9.81. The van der Waals surface area contributed by atoms with Gasteiger partial charge in [-0.1, -0.05) is 48.5 Å². The molecule has 0 radical (unpaired) electrons. The lowest BCUT2D eigenvalue weighted by Gasteiger charge is -1.98. The Labute approximate surface area is 172 Å².